The topological polar surface area (TPSA) is 57.6 Å². The second-order valence-corrected chi connectivity index (χ2v) is 2.74. The van der Waals surface area contributed by atoms with Gasteiger partial charge in [0.1, 0.15) is 6.04 Å². The largest absolute Gasteiger partial charge is 0.480 e. The Balaban J connectivity index is 2.79. The molecule has 1 aliphatic rings. The van der Waals surface area contributed by atoms with Crippen molar-refractivity contribution in [2.24, 2.45) is 0 Å². The van der Waals surface area contributed by atoms with E-state index in [2.05, 4.69) is 0 Å². The van der Waals surface area contributed by atoms with E-state index in [9.17, 15) is 9.59 Å². The molecule has 4 nitrogen and oxygen atoms in total. The quantitative estimate of drug-likeness (QED) is 0.625. The van der Waals surface area contributed by atoms with Crippen molar-refractivity contribution in [3.05, 3.63) is 12.3 Å². The Hall–Kier alpha value is -1.32. The fourth-order valence-electron chi connectivity index (χ4n) is 1.25. The van der Waals surface area contributed by atoms with Gasteiger partial charge in [-0.1, -0.05) is 6.08 Å². The van der Waals surface area contributed by atoms with Gasteiger partial charge in [0, 0.05) is 13.1 Å². The van der Waals surface area contributed by atoms with Crippen molar-refractivity contribution in [1.29, 1.82) is 0 Å². The number of carbonyl (C=O) groups is 2. The third kappa shape index (κ3) is 1.64. The minimum Gasteiger partial charge on any atom is -0.480 e. The van der Waals surface area contributed by atoms with Gasteiger partial charge >= 0.3 is 5.97 Å². The summed E-state index contributed by atoms with van der Waals surface area (Å²) >= 11 is 0. The maximum absolute atomic E-state index is 10.9. The molecule has 0 bridgehead atoms. The summed E-state index contributed by atoms with van der Waals surface area (Å²) in [6.45, 7) is 1.37. The van der Waals surface area contributed by atoms with Crippen molar-refractivity contribution in [1.82, 2.24) is 4.90 Å². The average Bonchev–Trinajstić information content (AvgIpc) is 2.04. The van der Waals surface area contributed by atoms with Gasteiger partial charge in [0.15, 0.2) is 0 Å². The first kappa shape index (κ1) is 8.77. The Morgan fingerprint density at radius 3 is 2.67 bits per heavy atom. The number of hydrogen-bond acceptors (Lipinski definition) is 2. The van der Waals surface area contributed by atoms with Gasteiger partial charge in [-0.05, 0) is 12.8 Å². The van der Waals surface area contributed by atoms with E-state index < -0.39 is 12.0 Å². The summed E-state index contributed by atoms with van der Waals surface area (Å²) < 4.78 is 0. The molecule has 0 aromatic rings. The van der Waals surface area contributed by atoms with E-state index in [1.165, 1.54) is 11.8 Å². The molecule has 12 heavy (non-hydrogen) atoms. The van der Waals surface area contributed by atoms with Crippen molar-refractivity contribution >= 4 is 11.9 Å². The van der Waals surface area contributed by atoms with Crippen molar-refractivity contribution in [3.8, 4) is 0 Å². The molecule has 0 saturated carbocycles. The van der Waals surface area contributed by atoms with Gasteiger partial charge in [-0.2, -0.15) is 0 Å². The van der Waals surface area contributed by atoms with Gasteiger partial charge in [-0.3, -0.25) is 4.79 Å². The van der Waals surface area contributed by atoms with E-state index in [0.29, 0.717) is 6.42 Å². The van der Waals surface area contributed by atoms with Crippen LogP contribution in [0.4, 0.5) is 0 Å². The summed E-state index contributed by atoms with van der Waals surface area (Å²) in [5.74, 6) is -1.16. The number of aliphatic carboxylic acids is 1. The zero-order valence-corrected chi connectivity index (χ0v) is 6.86. The molecule has 0 spiro atoms. The summed E-state index contributed by atoms with van der Waals surface area (Å²) in [5, 5.41) is 8.73. The minimum atomic E-state index is -0.936. The Morgan fingerprint density at radius 2 is 2.25 bits per heavy atom. The highest BCUT2D eigenvalue weighted by atomic mass is 16.4. The molecule has 0 fully saturated rings. The number of allylic oxidation sites excluding steroid dienone is 1. The molecule has 1 aliphatic heterocycles. The zero-order valence-electron chi connectivity index (χ0n) is 6.86. The molecule has 1 heterocycles. The molecule has 1 amide bonds. The first-order valence-corrected chi connectivity index (χ1v) is 3.81. The molecule has 0 unspecified atom stereocenters. The van der Waals surface area contributed by atoms with Gasteiger partial charge in [0.05, 0.1) is 0 Å². The van der Waals surface area contributed by atoms with Crippen molar-refractivity contribution < 1.29 is 14.7 Å². The third-order valence-corrected chi connectivity index (χ3v) is 1.86. The van der Waals surface area contributed by atoms with Crippen LogP contribution in [0, 0.1) is 0 Å². The summed E-state index contributed by atoms with van der Waals surface area (Å²) in [7, 11) is 0. The maximum atomic E-state index is 10.9. The van der Waals surface area contributed by atoms with Crippen LogP contribution in [-0.2, 0) is 9.59 Å². The van der Waals surface area contributed by atoms with Gasteiger partial charge < -0.3 is 10.0 Å². The highest BCUT2D eigenvalue weighted by Crippen LogP contribution is 2.14. The number of carboxylic acid groups (broad SMARTS) is 1. The van der Waals surface area contributed by atoms with Gasteiger partial charge in [0.2, 0.25) is 5.91 Å². The normalized spacial score (nSPS) is 22.4. The summed E-state index contributed by atoms with van der Waals surface area (Å²) in [5.41, 5.74) is 0. The predicted molar refractivity (Wildman–Crippen MR) is 42.3 cm³/mol. The number of hydrogen-bond donors (Lipinski definition) is 1. The Labute approximate surface area is 70.5 Å². The fourth-order valence-corrected chi connectivity index (χ4v) is 1.25. The van der Waals surface area contributed by atoms with E-state index in [1.54, 1.807) is 12.3 Å². The molecule has 1 atom stereocenters. The molecule has 0 saturated heterocycles. The maximum Gasteiger partial charge on any atom is 0.326 e. The molecular weight excluding hydrogens is 158 g/mol. The van der Waals surface area contributed by atoms with Crippen LogP contribution in [-0.4, -0.2) is 27.9 Å². The first-order chi connectivity index (χ1) is 5.63. The third-order valence-electron chi connectivity index (χ3n) is 1.86. The summed E-state index contributed by atoms with van der Waals surface area (Å²) in [6, 6.07) is -0.674. The lowest BCUT2D eigenvalue weighted by atomic mass is 10.1. The zero-order chi connectivity index (χ0) is 9.14. The summed E-state index contributed by atoms with van der Waals surface area (Å²) in [4.78, 5) is 22.8. The molecule has 1 rings (SSSR count). The van der Waals surface area contributed by atoms with E-state index in [4.69, 9.17) is 5.11 Å². The predicted octanol–water partition coefficient (Wildman–Crippen LogP) is 0.596. The molecule has 4 heteroatoms. The van der Waals surface area contributed by atoms with Crippen LogP contribution in [0.2, 0.25) is 0 Å². The second-order valence-electron chi connectivity index (χ2n) is 2.74. The standard InChI is InChI=1S/C8H11NO3/c1-6(10)9-5-3-2-4-7(9)8(11)12/h3,5,7H,2,4H2,1H3,(H,11,12)/t7-/m0/s1. The molecule has 0 aromatic heterocycles. The van der Waals surface area contributed by atoms with Crippen LogP contribution in [0.5, 0.6) is 0 Å². The van der Waals surface area contributed by atoms with Crippen molar-refractivity contribution in [2.75, 3.05) is 0 Å². The van der Waals surface area contributed by atoms with E-state index in [1.807, 2.05) is 0 Å². The lowest BCUT2D eigenvalue weighted by Gasteiger charge is -2.26. The number of carbonyl (C=O) groups excluding carboxylic acids is 1. The Morgan fingerprint density at radius 1 is 1.58 bits per heavy atom. The van der Waals surface area contributed by atoms with Crippen LogP contribution in [0.25, 0.3) is 0 Å². The average molecular weight is 169 g/mol. The molecule has 0 aromatic carbocycles. The molecule has 66 valence electrons. The van der Waals surface area contributed by atoms with Crippen molar-refractivity contribution in [2.45, 2.75) is 25.8 Å². The lowest BCUT2D eigenvalue weighted by molar-refractivity contribution is -0.147. The van der Waals surface area contributed by atoms with E-state index in [0.717, 1.165) is 6.42 Å². The number of rotatable bonds is 1. The number of amides is 1. The van der Waals surface area contributed by atoms with Crippen LogP contribution < -0.4 is 0 Å². The minimum absolute atomic E-state index is 0.224. The Bertz CT molecular complexity index is 234. The van der Waals surface area contributed by atoms with E-state index in [-0.39, 0.29) is 5.91 Å². The highest BCUT2D eigenvalue weighted by molar-refractivity contribution is 5.83. The lowest BCUT2D eigenvalue weighted by Crippen LogP contribution is -2.41. The van der Waals surface area contributed by atoms with Gasteiger partial charge in [-0.15, -0.1) is 0 Å². The molecule has 0 radical (unpaired) electrons. The van der Waals surface area contributed by atoms with Gasteiger partial charge in [-0.25, -0.2) is 4.79 Å². The van der Waals surface area contributed by atoms with Crippen LogP contribution in [0.15, 0.2) is 12.3 Å². The molecule has 1 N–H and O–H groups in total. The number of nitrogens with zero attached hydrogens (tertiary/aromatic N) is 1. The van der Waals surface area contributed by atoms with Crippen molar-refractivity contribution in [3.63, 3.8) is 0 Å². The summed E-state index contributed by atoms with van der Waals surface area (Å²) in [6.07, 6.45) is 4.58. The van der Waals surface area contributed by atoms with Crippen LogP contribution in [0.1, 0.15) is 19.8 Å². The Kier molecular flexibility index (Phi) is 2.47. The number of carboxylic acids is 1. The van der Waals surface area contributed by atoms with Crippen LogP contribution >= 0.6 is 0 Å². The van der Waals surface area contributed by atoms with Crippen LogP contribution in [0.3, 0.4) is 0 Å². The SMILES string of the molecule is CC(=O)N1C=CCC[C@H]1C(=O)O. The molecule has 0 aliphatic carbocycles. The highest BCUT2D eigenvalue weighted by Gasteiger charge is 2.27. The molecular formula is C8H11NO3. The fraction of sp³-hybridized carbons (Fsp3) is 0.500. The smallest absolute Gasteiger partial charge is 0.326 e. The first-order valence-electron chi connectivity index (χ1n) is 3.81. The second kappa shape index (κ2) is 3.38. The van der Waals surface area contributed by atoms with Gasteiger partial charge in [0.25, 0.3) is 0 Å². The monoisotopic (exact) mass is 169 g/mol. The van der Waals surface area contributed by atoms with E-state index >= 15 is 0 Å².